The lowest BCUT2D eigenvalue weighted by molar-refractivity contribution is -0.118. The van der Waals surface area contributed by atoms with E-state index < -0.39 is 0 Å². The average Bonchev–Trinajstić information content (AvgIpc) is 3.24. The zero-order valence-electron chi connectivity index (χ0n) is 16.2. The Balaban J connectivity index is 1.50. The van der Waals surface area contributed by atoms with E-state index in [4.69, 9.17) is 0 Å². The fourth-order valence-electron chi connectivity index (χ4n) is 4.50. The van der Waals surface area contributed by atoms with Gasteiger partial charge in [0.15, 0.2) is 0 Å². The van der Waals surface area contributed by atoms with E-state index >= 15 is 0 Å². The van der Waals surface area contributed by atoms with Gasteiger partial charge in [-0.1, -0.05) is 6.92 Å². The van der Waals surface area contributed by atoms with Crippen LogP contribution in [0.3, 0.4) is 0 Å². The van der Waals surface area contributed by atoms with E-state index in [9.17, 15) is 4.79 Å². The van der Waals surface area contributed by atoms with E-state index in [2.05, 4.69) is 45.2 Å². The molecule has 1 amide bonds. The largest absolute Gasteiger partial charge is 0.369 e. The minimum atomic E-state index is 0.171. The third-order valence-corrected chi connectivity index (χ3v) is 5.95. The van der Waals surface area contributed by atoms with Gasteiger partial charge in [-0.25, -0.2) is 4.98 Å². The van der Waals surface area contributed by atoms with Crippen molar-refractivity contribution in [3.63, 3.8) is 0 Å². The molecule has 0 bridgehead atoms. The van der Waals surface area contributed by atoms with Crippen molar-refractivity contribution in [2.24, 2.45) is 0 Å². The number of rotatable bonds is 5. The predicted octanol–water partition coefficient (Wildman–Crippen LogP) is 3.49. The zero-order valence-corrected chi connectivity index (χ0v) is 16.2. The average molecular weight is 367 g/mol. The molecule has 0 spiro atoms. The molecule has 1 atom stereocenters. The van der Waals surface area contributed by atoms with Crippen LogP contribution < -0.4 is 9.80 Å². The number of aromatic amines is 1. The summed E-state index contributed by atoms with van der Waals surface area (Å²) in [5.74, 6) is 0.941. The Labute approximate surface area is 161 Å². The summed E-state index contributed by atoms with van der Waals surface area (Å²) < 4.78 is 0. The predicted molar refractivity (Wildman–Crippen MR) is 107 cm³/mol. The first-order chi connectivity index (χ1) is 13.3. The number of fused-ring (bicyclic) bond motifs is 1. The van der Waals surface area contributed by atoms with Gasteiger partial charge in [0, 0.05) is 43.3 Å². The van der Waals surface area contributed by atoms with Crippen LogP contribution in [0.5, 0.6) is 0 Å². The van der Waals surface area contributed by atoms with Crippen LogP contribution in [0.4, 0.5) is 11.4 Å². The van der Waals surface area contributed by atoms with E-state index in [1.54, 1.807) is 0 Å². The minimum absolute atomic E-state index is 0.171. The van der Waals surface area contributed by atoms with Crippen LogP contribution in [0.15, 0.2) is 24.5 Å². The minimum Gasteiger partial charge on any atom is -0.369 e. The van der Waals surface area contributed by atoms with E-state index in [1.807, 2.05) is 4.90 Å². The van der Waals surface area contributed by atoms with Gasteiger partial charge in [-0.3, -0.25) is 9.89 Å². The molecule has 4 rings (SSSR count). The summed E-state index contributed by atoms with van der Waals surface area (Å²) in [5.41, 5.74) is 3.74. The first kappa shape index (κ1) is 18.0. The van der Waals surface area contributed by atoms with Gasteiger partial charge in [-0.2, -0.15) is 5.10 Å². The molecule has 1 aromatic heterocycles. The molecule has 0 aliphatic carbocycles. The molecule has 6 nitrogen and oxygen atoms in total. The number of nitrogens with one attached hydrogen (secondary N) is 1. The number of aromatic nitrogens is 3. The van der Waals surface area contributed by atoms with Crippen molar-refractivity contribution in [1.82, 2.24) is 15.2 Å². The Hall–Kier alpha value is -2.37. The molecule has 0 saturated carbocycles. The van der Waals surface area contributed by atoms with Crippen molar-refractivity contribution in [1.29, 1.82) is 0 Å². The number of aryl methyl sites for hydroxylation is 2. The van der Waals surface area contributed by atoms with E-state index in [-0.39, 0.29) is 5.91 Å². The van der Waals surface area contributed by atoms with Gasteiger partial charge in [-0.05, 0) is 62.3 Å². The maximum absolute atomic E-state index is 12.8. The summed E-state index contributed by atoms with van der Waals surface area (Å²) in [6.07, 6.45) is 9.74. The molecular formula is C21H29N5O. The SMILES string of the molecule is CC[C@H]1CCCCN1c1ccc2c(c1)CCCN2C(=O)CCc1ncn[nH]1. The Morgan fingerprint density at radius 2 is 2.19 bits per heavy atom. The molecule has 1 aromatic carbocycles. The number of benzene rings is 1. The summed E-state index contributed by atoms with van der Waals surface area (Å²) in [5, 5.41) is 6.68. The van der Waals surface area contributed by atoms with E-state index in [0.29, 0.717) is 18.9 Å². The number of carbonyl (C=O) groups excluding carboxylic acids is 1. The second kappa shape index (κ2) is 8.11. The van der Waals surface area contributed by atoms with Crippen LogP contribution in [0, 0.1) is 0 Å². The highest BCUT2D eigenvalue weighted by Gasteiger charge is 2.25. The quantitative estimate of drug-likeness (QED) is 0.879. The topological polar surface area (TPSA) is 65.1 Å². The lowest BCUT2D eigenvalue weighted by Crippen LogP contribution is -2.39. The van der Waals surface area contributed by atoms with Crippen molar-refractivity contribution in [2.75, 3.05) is 22.9 Å². The summed E-state index contributed by atoms with van der Waals surface area (Å²) in [7, 11) is 0. The highest BCUT2D eigenvalue weighted by Crippen LogP contribution is 2.34. The molecule has 3 heterocycles. The number of anilines is 2. The van der Waals surface area contributed by atoms with Crippen molar-refractivity contribution >= 4 is 17.3 Å². The lowest BCUT2D eigenvalue weighted by atomic mass is 9.96. The molecule has 2 aromatic rings. The van der Waals surface area contributed by atoms with Gasteiger partial charge in [0.05, 0.1) is 0 Å². The van der Waals surface area contributed by atoms with Crippen molar-refractivity contribution in [3.05, 3.63) is 35.9 Å². The van der Waals surface area contributed by atoms with Gasteiger partial charge >= 0.3 is 0 Å². The molecule has 2 aliphatic heterocycles. The molecule has 0 radical (unpaired) electrons. The molecular weight excluding hydrogens is 338 g/mol. The summed E-state index contributed by atoms with van der Waals surface area (Å²) in [4.78, 5) is 21.5. The molecule has 1 saturated heterocycles. The number of carbonyl (C=O) groups is 1. The lowest BCUT2D eigenvalue weighted by Gasteiger charge is -2.38. The Morgan fingerprint density at radius 3 is 3.00 bits per heavy atom. The van der Waals surface area contributed by atoms with Crippen LogP contribution in [0.25, 0.3) is 0 Å². The van der Waals surface area contributed by atoms with Crippen molar-refractivity contribution in [2.45, 2.75) is 64.3 Å². The van der Waals surface area contributed by atoms with Gasteiger partial charge in [0.2, 0.25) is 5.91 Å². The number of H-pyrrole nitrogens is 1. The van der Waals surface area contributed by atoms with Gasteiger partial charge in [0.25, 0.3) is 0 Å². The molecule has 1 fully saturated rings. The normalized spacial score (nSPS) is 19.8. The Morgan fingerprint density at radius 1 is 1.26 bits per heavy atom. The zero-order chi connectivity index (χ0) is 18.6. The molecule has 1 N–H and O–H groups in total. The third-order valence-electron chi connectivity index (χ3n) is 5.95. The monoisotopic (exact) mass is 367 g/mol. The second-order valence-corrected chi connectivity index (χ2v) is 7.65. The van der Waals surface area contributed by atoms with Crippen LogP contribution in [-0.2, 0) is 17.6 Å². The summed E-state index contributed by atoms with van der Waals surface area (Å²) in [6.45, 7) is 4.25. The number of hydrogen-bond acceptors (Lipinski definition) is 4. The first-order valence-corrected chi connectivity index (χ1v) is 10.3. The Kier molecular flexibility index (Phi) is 5.41. The highest BCUT2D eigenvalue weighted by molar-refractivity contribution is 5.95. The third kappa shape index (κ3) is 3.84. The smallest absolute Gasteiger partial charge is 0.227 e. The number of nitrogens with zero attached hydrogens (tertiary/aromatic N) is 4. The van der Waals surface area contributed by atoms with Crippen LogP contribution in [0.2, 0.25) is 0 Å². The van der Waals surface area contributed by atoms with Crippen molar-refractivity contribution in [3.8, 4) is 0 Å². The number of amides is 1. The number of hydrogen-bond donors (Lipinski definition) is 1. The molecule has 0 unspecified atom stereocenters. The van der Waals surface area contributed by atoms with E-state index in [0.717, 1.165) is 37.4 Å². The van der Waals surface area contributed by atoms with Crippen molar-refractivity contribution < 1.29 is 4.79 Å². The molecule has 2 aliphatic rings. The Bertz CT molecular complexity index is 773. The first-order valence-electron chi connectivity index (χ1n) is 10.3. The maximum atomic E-state index is 12.8. The van der Waals surface area contributed by atoms with Gasteiger partial charge in [-0.15, -0.1) is 0 Å². The maximum Gasteiger partial charge on any atom is 0.227 e. The molecule has 6 heteroatoms. The van der Waals surface area contributed by atoms with Crippen LogP contribution >= 0.6 is 0 Å². The summed E-state index contributed by atoms with van der Waals surface area (Å²) in [6, 6.07) is 7.37. The van der Waals surface area contributed by atoms with Gasteiger partial charge in [0.1, 0.15) is 12.2 Å². The molecule has 27 heavy (non-hydrogen) atoms. The standard InChI is InChI=1S/C21H29N5O/c1-2-17-7-3-4-12-25(17)18-8-9-19-16(14-18)6-5-13-26(19)21(27)11-10-20-22-15-23-24-20/h8-9,14-15,17H,2-7,10-13H2,1H3,(H,22,23,24)/t17-/m0/s1. The van der Waals surface area contributed by atoms with Gasteiger partial charge < -0.3 is 9.80 Å². The second-order valence-electron chi connectivity index (χ2n) is 7.65. The molecule has 144 valence electrons. The fourth-order valence-corrected chi connectivity index (χ4v) is 4.50. The highest BCUT2D eigenvalue weighted by atomic mass is 16.2. The number of piperidine rings is 1. The fraction of sp³-hybridized carbons (Fsp3) is 0.571. The van der Waals surface area contributed by atoms with Crippen LogP contribution in [0.1, 0.15) is 56.8 Å². The van der Waals surface area contributed by atoms with E-state index in [1.165, 1.54) is 43.3 Å². The van der Waals surface area contributed by atoms with Crippen LogP contribution in [-0.4, -0.2) is 40.2 Å². The summed E-state index contributed by atoms with van der Waals surface area (Å²) >= 11 is 0.